The fourth-order valence-electron chi connectivity index (χ4n) is 2.09. The number of hydrogen-bond acceptors (Lipinski definition) is 2. The van der Waals surface area contributed by atoms with E-state index >= 15 is 0 Å². The van der Waals surface area contributed by atoms with Gasteiger partial charge in [-0.05, 0) is 18.8 Å². The maximum absolute atomic E-state index is 11.9. The van der Waals surface area contributed by atoms with Crippen LogP contribution >= 0.6 is 0 Å². The molecule has 3 unspecified atom stereocenters. The van der Waals surface area contributed by atoms with E-state index < -0.39 is 0 Å². The number of hydrogen-bond donors (Lipinski definition) is 0. The SMILES string of the molecule is CCC(C)C(=O)C1CC(=O)CCC1C. The summed E-state index contributed by atoms with van der Waals surface area (Å²) < 4.78 is 0. The van der Waals surface area contributed by atoms with Crippen LogP contribution in [0.25, 0.3) is 0 Å². The van der Waals surface area contributed by atoms with Crippen molar-refractivity contribution >= 4 is 11.6 Å². The van der Waals surface area contributed by atoms with Crippen molar-refractivity contribution in [2.45, 2.75) is 46.5 Å². The van der Waals surface area contributed by atoms with Crippen molar-refractivity contribution in [3.63, 3.8) is 0 Å². The van der Waals surface area contributed by atoms with E-state index in [0.29, 0.717) is 24.5 Å². The quantitative estimate of drug-likeness (QED) is 0.695. The highest BCUT2D eigenvalue weighted by Crippen LogP contribution is 2.30. The molecule has 2 nitrogen and oxygen atoms in total. The summed E-state index contributed by atoms with van der Waals surface area (Å²) in [5.41, 5.74) is 0. The monoisotopic (exact) mass is 196 g/mol. The molecule has 0 radical (unpaired) electrons. The van der Waals surface area contributed by atoms with Crippen molar-refractivity contribution in [3.05, 3.63) is 0 Å². The zero-order valence-electron chi connectivity index (χ0n) is 9.38. The van der Waals surface area contributed by atoms with Gasteiger partial charge in [0.25, 0.3) is 0 Å². The summed E-state index contributed by atoms with van der Waals surface area (Å²) in [5, 5.41) is 0. The maximum Gasteiger partial charge on any atom is 0.139 e. The highest BCUT2D eigenvalue weighted by atomic mass is 16.1. The fourth-order valence-corrected chi connectivity index (χ4v) is 2.09. The number of ketones is 2. The summed E-state index contributed by atoms with van der Waals surface area (Å²) in [6.07, 6.45) is 2.94. The highest BCUT2D eigenvalue weighted by molar-refractivity contribution is 5.90. The van der Waals surface area contributed by atoms with Crippen LogP contribution in [0.3, 0.4) is 0 Å². The van der Waals surface area contributed by atoms with E-state index in [9.17, 15) is 9.59 Å². The first-order valence-electron chi connectivity index (χ1n) is 5.61. The van der Waals surface area contributed by atoms with Crippen LogP contribution < -0.4 is 0 Å². The average molecular weight is 196 g/mol. The first-order chi connectivity index (χ1) is 6.56. The Morgan fingerprint density at radius 3 is 2.79 bits per heavy atom. The van der Waals surface area contributed by atoms with E-state index in [2.05, 4.69) is 6.92 Å². The Kier molecular flexibility index (Phi) is 3.85. The third-order valence-corrected chi connectivity index (χ3v) is 3.48. The second-order valence-electron chi connectivity index (χ2n) is 4.58. The van der Waals surface area contributed by atoms with Crippen LogP contribution in [-0.4, -0.2) is 11.6 Å². The molecule has 3 atom stereocenters. The van der Waals surface area contributed by atoms with E-state index in [1.54, 1.807) is 0 Å². The predicted molar refractivity (Wildman–Crippen MR) is 56.0 cm³/mol. The fraction of sp³-hybridized carbons (Fsp3) is 0.833. The van der Waals surface area contributed by atoms with Crippen molar-refractivity contribution in [1.29, 1.82) is 0 Å². The van der Waals surface area contributed by atoms with E-state index in [0.717, 1.165) is 12.8 Å². The smallest absolute Gasteiger partial charge is 0.139 e. The normalized spacial score (nSPS) is 30.1. The van der Waals surface area contributed by atoms with E-state index in [1.807, 2.05) is 13.8 Å². The molecule has 1 rings (SSSR count). The Labute approximate surface area is 86.1 Å². The van der Waals surface area contributed by atoms with Gasteiger partial charge in [0.1, 0.15) is 11.6 Å². The Hall–Kier alpha value is -0.660. The third-order valence-electron chi connectivity index (χ3n) is 3.48. The summed E-state index contributed by atoms with van der Waals surface area (Å²) >= 11 is 0. The molecular formula is C12H20O2. The van der Waals surface area contributed by atoms with Crippen molar-refractivity contribution in [2.75, 3.05) is 0 Å². The minimum Gasteiger partial charge on any atom is -0.300 e. The molecule has 80 valence electrons. The summed E-state index contributed by atoms with van der Waals surface area (Å²) in [7, 11) is 0. The first-order valence-corrected chi connectivity index (χ1v) is 5.61. The molecule has 0 aliphatic heterocycles. The molecule has 0 aromatic rings. The molecule has 0 bridgehead atoms. The van der Waals surface area contributed by atoms with E-state index in [1.165, 1.54) is 0 Å². The number of carbonyl (C=O) groups excluding carboxylic acids is 2. The van der Waals surface area contributed by atoms with Gasteiger partial charge in [-0.3, -0.25) is 9.59 Å². The first kappa shape index (κ1) is 11.4. The number of Topliss-reactive ketones (excluding diaryl/α,β-unsaturated/α-hetero) is 2. The van der Waals surface area contributed by atoms with Crippen molar-refractivity contribution in [3.8, 4) is 0 Å². The van der Waals surface area contributed by atoms with Gasteiger partial charge in [0.05, 0.1) is 0 Å². The van der Waals surface area contributed by atoms with E-state index in [4.69, 9.17) is 0 Å². The Morgan fingerprint density at radius 1 is 1.57 bits per heavy atom. The molecule has 0 amide bonds. The number of rotatable bonds is 3. The summed E-state index contributed by atoms with van der Waals surface area (Å²) in [6, 6.07) is 0. The summed E-state index contributed by atoms with van der Waals surface area (Å²) in [6.45, 7) is 6.09. The molecule has 1 aliphatic carbocycles. The number of carbonyl (C=O) groups is 2. The lowest BCUT2D eigenvalue weighted by atomic mass is 9.74. The Bertz CT molecular complexity index is 232. The molecule has 0 saturated heterocycles. The van der Waals surface area contributed by atoms with Gasteiger partial charge in [0.15, 0.2) is 0 Å². The third kappa shape index (κ3) is 2.43. The lowest BCUT2D eigenvalue weighted by molar-refractivity contribution is -0.134. The van der Waals surface area contributed by atoms with Crippen LogP contribution in [0.4, 0.5) is 0 Å². The molecule has 2 heteroatoms. The lowest BCUT2D eigenvalue weighted by Crippen LogP contribution is -2.32. The molecule has 1 aliphatic rings. The topological polar surface area (TPSA) is 34.1 Å². The van der Waals surface area contributed by atoms with Crippen molar-refractivity contribution in [2.24, 2.45) is 17.8 Å². The molecule has 0 aromatic carbocycles. The molecule has 0 N–H and O–H groups in total. The van der Waals surface area contributed by atoms with Gasteiger partial charge in [-0.2, -0.15) is 0 Å². The van der Waals surface area contributed by atoms with Crippen LogP contribution in [0.15, 0.2) is 0 Å². The second kappa shape index (κ2) is 4.72. The van der Waals surface area contributed by atoms with Gasteiger partial charge in [0, 0.05) is 24.7 Å². The van der Waals surface area contributed by atoms with Gasteiger partial charge in [0.2, 0.25) is 0 Å². The molecule has 0 aromatic heterocycles. The lowest BCUT2D eigenvalue weighted by Gasteiger charge is -2.28. The minimum absolute atomic E-state index is 0.00574. The van der Waals surface area contributed by atoms with Gasteiger partial charge in [-0.1, -0.05) is 20.8 Å². The standard InChI is InChI=1S/C12H20O2/c1-4-8(2)12(14)11-7-10(13)6-5-9(11)3/h8-9,11H,4-7H2,1-3H3. The van der Waals surface area contributed by atoms with Crippen LogP contribution in [0.1, 0.15) is 46.5 Å². The molecular weight excluding hydrogens is 176 g/mol. The maximum atomic E-state index is 11.9. The van der Waals surface area contributed by atoms with Crippen LogP contribution in [-0.2, 0) is 9.59 Å². The van der Waals surface area contributed by atoms with Crippen LogP contribution in [0.5, 0.6) is 0 Å². The Morgan fingerprint density at radius 2 is 2.21 bits per heavy atom. The highest BCUT2D eigenvalue weighted by Gasteiger charge is 2.33. The minimum atomic E-state index is 0.00574. The van der Waals surface area contributed by atoms with Crippen molar-refractivity contribution in [1.82, 2.24) is 0 Å². The van der Waals surface area contributed by atoms with Gasteiger partial charge < -0.3 is 0 Å². The van der Waals surface area contributed by atoms with Gasteiger partial charge in [-0.15, -0.1) is 0 Å². The predicted octanol–water partition coefficient (Wildman–Crippen LogP) is 2.61. The van der Waals surface area contributed by atoms with Gasteiger partial charge in [-0.25, -0.2) is 0 Å². The molecule has 1 saturated carbocycles. The van der Waals surface area contributed by atoms with Crippen LogP contribution in [0, 0.1) is 17.8 Å². The molecule has 14 heavy (non-hydrogen) atoms. The van der Waals surface area contributed by atoms with Gasteiger partial charge >= 0.3 is 0 Å². The second-order valence-corrected chi connectivity index (χ2v) is 4.58. The Balaban J connectivity index is 2.64. The van der Waals surface area contributed by atoms with Crippen LogP contribution in [0.2, 0.25) is 0 Å². The zero-order valence-corrected chi connectivity index (χ0v) is 9.38. The summed E-state index contributed by atoms with van der Waals surface area (Å²) in [5.74, 6) is 1.09. The molecule has 0 spiro atoms. The van der Waals surface area contributed by atoms with Crippen molar-refractivity contribution < 1.29 is 9.59 Å². The molecule has 0 heterocycles. The van der Waals surface area contributed by atoms with E-state index in [-0.39, 0.29) is 17.6 Å². The average Bonchev–Trinajstić information content (AvgIpc) is 2.19. The zero-order chi connectivity index (χ0) is 10.7. The largest absolute Gasteiger partial charge is 0.300 e. The molecule has 1 fully saturated rings. The summed E-state index contributed by atoms with van der Waals surface area (Å²) in [4.78, 5) is 23.2.